The lowest BCUT2D eigenvalue weighted by molar-refractivity contribution is 0.193. The molecule has 1 aliphatic heterocycles. The molecule has 0 aromatic carbocycles. The van der Waals surface area contributed by atoms with Gasteiger partial charge in [-0.25, -0.2) is 4.98 Å². The first kappa shape index (κ1) is 11.1. The van der Waals surface area contributed by atoms with Gasteiger partial charge in [0.05, 0.1) is 17.3 Å². The van der Waals surface area contributed by atoms with E-state index in [1.54, 1.807) is 0 Å². The molecule has 1 aliphatic rings. The van der Waals surface area contributed by atoms with Crippen molar-refractivity contribution < 1.29 is 4.74 Å². The molecule has 15 heavy (non-hydrogen) atoms. The van der Waals surface area contributed by atoms with Crippen molar-refractivity contribution in [1.82, 2.24) is 4.98 Å². The van der Waals surface area contributed by atoms with Crippen LogP contribution in [0.25, 0.3) is 0 Å². The number of aryl methyl sites for hydroxylation is 1. The number of hydrogen-bond donors (Lipinski definition) is 0. The smallest absolute Gasteiger partial charge is 0.0928 e. The predicted molar refractivity (Wildman–Crippen MR) is 63.5 cm³/mol. The second-order valence-electron chi connectivity index (χ2n) is 4.66. The highest BCUT2D eigenvalue weighted by Crippen LogP contribution is 2.26. The molecule has 1 saturated heterocycles. The summed E-state index contributed by atoms with van der Waals surface area (Å²) in [5, 5.41) is 3.51. The molecule has 2 rings (SSSR count). The highest BCUT2D eigenvalue weighted by atomic mass is 32.1. The molecule has 0 aliphatic carbocycles. The van der Waals surface area contributed by atoms with Gasteiger partial charge >= 0.3 is 0 Å². The van der Waals surface area contributed by atoms with Gasteiger partial charge in [-0.3, -0.25) is 0 Å². The molecular formula is C12H19NOS. The zero-order valence-electron chi connectivity index (χ0n) is 9.53. The Morgan fingerprint density at radius 2 is 2.47 bits per heavy atom. The molecule has 1 aromatic rings. The van der Waals surface area contributed by atoms with Gasteiger partial charge in [-0.2, -0.15) is 0 Å². The molecule has 84 valence electrons. The summed E-state index contributed by atoms with van der Waals surface area (Å²) in [6.07, 6.45) is 3.53. The maximum atomic E-state index is 5.38. The second-order valence-corrected chi connectivity index (χ2v) is 5.60. The Kier molecular flexibility index (Phi) is 3.76. The molecule has 1 atom stereocenters. The van der Waals surface area contributed by atoms with Gasteiger partial charge in [0.15, 0.2) is 0 Å². The molecule has 3 heteroatoms. The molecule has 1 unspecified atom stereocenters. The van der Waals surface area contributed by atoms with Crippen LogP contribution >= 0.6 is 11.3 Å². The van der Waals surface area contributed by atoms with E-state index in [9.17, 15) is 0 Å². The Morgan fingerprint density at radius 3 is 3.13 bits per heavy atom. The molecular weight excluding hydrogens is 206 g/mol. The molecule has 0 radical (unpaired) electrons. The minimum atomic E-state index is 0.564. The summed E-state index contributed by atoms with van der Waals surface area (Å²) in [5.74, 6) is 1.33. The van der Waals surface area contributed by atoms with Gasteiger partial charge in [0.2, 0.25) is 0 Å². The van der Waals surface area contributed by atoms with Crippen LogP contribution < -0.4 is 0 Å². The summed E-state index contributed by atoms with van der Waals surface area (Å²) in [6, 6.07) is 0. The summed E-state index contributed by atoms with van der Waals surface area (Å²) in [6.45, 7) is 6.30. The van der Waals surface area contributed by atoms with Crippen LogP contribution in [0, 0.1) is 5.92 Å². The number of rotatable bonds is 4. The van der Waals surface area contributed by atoms with E-state index in [1.807, 2.05) is 11.3 Å². The van der Waals surface area contributed by atoms with Crippen molar-refractivity contribution in [3.8, 4) is 0 Å². The van der Waals surface area contributed by atoms with Crippen molar-refractivity contribution in [2.75, 3.05) is 13.2 Å². The van der Waals surface area contributed by atoms with Gasteiger partial charge in [0.25, 0.3) is 0 Å². The third kappa shape index (κ3) is 3.02. The van der Waals surface area contributed by atoms with Crippen LogP contribution in [-0.4, -0.2) is 18.2 Å². The van der Waals surface area contributed by atoms with Crippen LogP contribution in [0.15, 0.2) is 5.38 Å². The standard InChI is InChI=1S/C12H19NOS/c1-9(2)3-4-12-13-11(8-15-12)10-5-6-14-7-10/h8-10H,3-7H2,1-2H3. The number of aromatic nitrogens is 1. The minimum absolute atomic E-state index is 0.564. The molecule has 0 bridgehead atoms. The van der Waals surface area contributed by atoms with E-state index in [1.165, 1.54) is 17.1 Å². The maximum absolute atomic E-state index is 5.38. The molecule has 0 spiro atoms. The van der Waals surface area contributed by atoms with Crippen molar-refractivity contribution in [3.05, 3.63) is 16.1 Å². The molecule has 0 saturated carbocycles. The van der Waals surface area contributed by atoms with Crippen molar-refractivity contribution in [1.29, 1.82) is 0 Å². The number of hydrogen-bond acceptors (Lipinski definition) is 3. The van der Waals surface area contributed by atoms with Crippen molar-refractivity contribution in [3.63, 3.8) is 0 Å². The van der Waals surface area contributed by atoms with E-state index in [-0.39, 0.29) is 0 Å². The maximum Gasteiger partial charge on any atom is 0.0928 e. The molecule has 0 amide bonds. The third-order valence-corrected chi connectivity index (χ3v) is 3.78. The van der Waals surface area contributed by atoms with E-state index in [4.69, 9.17) is 9.72 Å². The second kappa shape index (κ2) is 5.08. The van der Waals surface area contributed by atoms with Crippen LogP contribution in [0.4, 0.5) is 0 Å². The topological polar surface area (TPSA) is 22.1 Å². The average molecular weight is 225 g/mol. The zero-order chi connectivity index (χ0) is 10.7. The first-order valence-corrected chi connectivity index (χ1v) is 6.65. The minimum Gasteiger partial charge on any atom is -0.381 e. The monoisotopic (exact) mass is 225 g/mol. The number of nitrogens with zero attached hydrogens (tertiary/aromatic N) is 1. The molecule has 2 heterocycles. The van der Waals surface area contributed by atoms with Crippen LogP contribution in [0.5, 0.6) is 0 Å². The Balaban J connectivity index is 1.91. The van der Waals surface area contributed by atoms with E-state index in [2.05, 4.69) is 19.2 Å². The summed E-state index contributed by atoms with van der Waals surface area (Å²) < 4.78 is 5.38. The molecule has 2 nitrogen and oxygen atoms in total. The number of ether oxygens (including phenoxy) is 1. The summed E-state index contributed by atoms with van der Waals surface area (Å²) in [7, 11) is 0. The predicted octanol–water partition coefficient (Wildman–Crippen LogP) is 3.24. The highest BCUT2D eigenvalue weighted by molar-refractivity contribution is 7.09. The quantitative estimate of drug-likeness (QED) is 0.785. The van der Waals surface area contributed by atoms with Gasteiger partial charge in [-0.1, -0.05) is 13.8 Å². The number of thiazole rings is 1. The van der Waals surface area contributed by atoms with Crippen molar-refractivity contribution >= 4 is 11.3 Å². The lowest BCUT2D eigenvalue weighted by atomic mass is 10.1. The van der Waals surface area contributed by atoms with Crippen LogP contribution in [0.2, 0.25) is 0 Å². The van der Waals surface area contributed by atoms with E-state index in [0.29, 0.717) is 5.92 Å². The van der Waals surface area contributed by atoms with Gasteiger partial charge in [0.1, 0.15) is 0 Å². The molecule has 0 N–H and O–H groups in total. The fraction of sp³-hybridized carbons (Fsp3) is 0.750. The fourth-order valence-corrected chi connectivity index (χ4v) is 2.70. The Morgan fingerprint density at radius 1 is 1.60 bits per heavy atom. The zero-order valence-corrected chi connectivity index (χ0v) is 10.3. The summed E-state index contributed by atoms with van der Waals surface area (Å²) in [4.78, 5) is 4.70. The van der Waals surface area contributed by atoms with Crippen LogP contribution in [0.3, 0.4) is 0 Å². The first-order valence-electron chi connectivity index (χ1n) is 5.77. The highest BCUT2D eigenvalue weighted by Gasteiger charge is 2.20. The van der Waals surface area contributed by atoms with Gasteiger partial charge in [-0.15, -0.1) is 11.3 Å². The molecule has 1 fully saturated rings. The van der Waals surface area contributed by atoms with E-state index in [0.717, 1.165) is 32.0 Å². The van der Waals surface area contributed by atoms with Crippen LogP contribution in [0.1, 0.15) is 43.3 Å². The van der Waals surface area contributed by atoms with Gasteiger partial charge < -0.3 is 4.74 Å². The van der Waals surface area contributed by atoms with E-state index < -0.39 is 0 Å². The Bertz CT molecular complexity index is 302. The summed E-state index contributed by atoms with van der Waals surface area (Å²) >= 11 is 1.81. The Labute approximate surface area is 95.7 Å². The van der Waals surface area contributed by atoms with E-state index >= 15 is 0 Å². The van der Waals surface area contributed by atoms with Gasteiger partial charge in [-0.05, 0) is 25.2 Å². The normalized spacial score (nSPS) is 21.4. The largest absolute Gasteiger partial charge is 0.381 e. The average Bonchev–Trinajstić information content (AvgIpc) is 2.85. The Hall–Kier alpha value is -0.410. The third-order valence-electron chi connectivity index (χ3n) is 2.85. The van der Waals surface area contributed by atoms with Crippen LogP contribution in [-0.2, 0) is 11.2 Å². The lowest BCUT2D eigenvalue weighted by Crippen LogP contribution is -1.98. The SMILES string of the molecule is CC(C)CCc1nc(C2CCOC2)cs1. The fourth-order valence-electron chi connectivity index (χ4n) is 1.81. The molecule has 1 aromatic heterocycles. The van der Waals surface area contributed by atoms with Crippen molar-refractivity contribution in [2.45, 2.75) is 39.0 Å². The summed E-state index contributed by atoms with van der Waals surface area (Å²) in [5.41, 5.74) is 1.26. The first-order chi connectivity index (χ1) is 7.25. The van der Waals surface area contributed by atoms with Crippen molar-refractivity contribution in [2.24, 2.45) is 5.92 Å². The van der Waals surface area contributed by atoms with Gasteiger partial charge in [0, 0.05) is 17.9 Å². The lowest BCUT2D eigenvalue weighted by Gasteiger charge is -2.02.